The van der Waals surface area contributed by atoms with Crippen molar-refractivity contribution in [3.8, 4) is 0 Å². The fraction of sp³-hybridized carbons (Fsp3) is 0.250. The highest BCUT2D eigenvalue weighted by Crippen LogP contribution is 2.36. The minimum atomic E-state index is -4.56. The van der Waals surface area contributed by atoms with E-state index in [4.69, 9.17) is 22.4 Å². The normalized spacial score (nSPS) is 11.8. The first-order chi connectivity index (χ1) is 6.36. The summed E-state index contributed by atoms with van der Waals surface area (Å²) in [7, 11) is 0. The van der Waals surface area contributed by atoms with Crippen LogP contribution in [0.5, 0.6) is 0 Å². The van der Waals surface area contributed by atoms with Crippen molar-refractivity contribution >= 4 is 17.3 Å². The molecule has 0 aliphatic heterocycles. The molecule has 0 aromatic heterocycles. The molecule has 0 bridgehead atoms. The van der Waals surface area contributed by atoms with Gasteiger partial charge in [-0.3, -0.25) is 0 Å². The lowest BCUT2D eigenvalue weighted by Crippen LogP contribution is -2.10. The number of hydrogen-bond donors (Lipinski definition) is 2. The number of rotatable bonds is 1. The van der Waals surface area contributed by atoms with Crippen molar-refractivity contribution in [1.82, 2.24) is 0 Å². The van der Waals surface area contributed by atoms with Gasteiger partial charge in [-0.15, -0.1) is 0 Å². The van der Waals surface area contributed by atoms with Crippen LogP contribution >= 0.6 is 11.6 Å². The molecule has 0 unspecified atom stereocenters. The van der Waals surface area contributed by atoms with E-state index in [-0.39, 0.29) is 16.3 Å². The van der Waals surface area contributed by atoms with Crippen molar-refractivity contribution in [2.45, 2.75) is 12.8 Å². The van der Waals surface area contributed by atoms with E-state index < -0.39 is 18.3 Å². The van der Waals surface area contributed by atoms with Gasteiger partial charge in [0.05, 0.1) is 12.2 Å². The zero-order valence-electron chi connectivity index (χ0n) is 6.90. The maximum Gasteiger partial charge on any atom is 0.416 e. The third-order valence-electron chi connectivity index (χ3n) is 1.68. The molecule has 0 heterocycles. The predicted molar refractivity (Wildman–Crippen MR) is 46.8 cm³/mol. The molecule has 14 heavy (non-hydrogen) atoms. The van der Waals surface area contributed by atoms with E-state index in [1.54, 1.807) is 0 Å². The Kier molecular flexibility index (Phi) is 2.92. The van der Waals surface area contributed by atoms with Crippen LogP contribution in [-0.4, -0.2) is 5.11 Å². The molecule has 0 aliphatic rings. The summed E-state index contributed by atoms with van der Waals surface area (Å²) in [5, 5.41) is 8.55. The smallest absolute Gasteiger partial charge is 0.399 e. The Morgan fingerprint density at radius 1 is 1.36 bits per heavy atom. The molecule has 6 heteroatoms. The molecule has 0 spiro atoms. The Morgan fingerprint density at radius 3 is 2.36 bits per heavy atom. The second-order valence-electron chi connectivity index (χ2n) is 2.68. The maximum absolute atomic E-state index is 12.4. The van der Waals surface area contributed by atoms with Gasteiger partial charge in [-0.1, -0.05) is 11.6 Å². The van der Waals surface area contributed by atoms with Crippen molar-refractivity contribution in [3.05, 3.63) is 28.3 Å². The fourth-order valence-corrected chi connectivity index (χ4v) is 1.36. The van der Waals surface area contributed by atoms with E-state index in [0.717, 1.165) is 6.07 Å². The molecule has 78 valence electrons. The van der Waals surface area contributed by atoms with Crippen LogP contribution in [0, 0.1) is 0 Å². The van der Waals surface area contributed by atoms with E-state index in [1.807, 2.05) is 0 Å². The topological polar surface area (TPSA) is 46.2 Å². The van der Waals surface area contributed by atoms with Gasteiger partial charge in [-0.2, -0.15) is 13.2 Å². The van der Waals surface area contributed by atoms with Gasteiger partial charge in [-0.25, -0.2) is 0 Å². The van der Waals surface area contributed by atoms with Gasteiger partial charge in [0.1, 0.15) is 0 Å². The van der Waals surface area contributed by atoms with Gasteiger partial charge in [-0.05, 0) is 12.1 Å². The number of anilines is 1. The lowest BCUT2D eigenvalue weighted by Gasteiger charge is -2.13. The average Bonchev–Trinajstić information content (AvgIpc) is 2.01. The van der Waals surface area contributed by atoms with Crippen LogP contribution in [0.3, 0.4) is 0 Å². The first kappa shape index (κ1) is 11.1. The predicted octanol–water partition coefficient (Wildman–Crippen LogP) is 2.43. The van der Waals surface area contributed by atoms with Gasteiger partial charge in [0.2, 0.25) is 0 Å². The SMILES string of the molecule is Nc1cc(Cl)c(CO)c(C(F)(F)F)c1. The summed E-state index contributed by atoms with van der Waals surface area (Å²) >= 11 is 5.50. The quantitative estimate of drug-likeness (QED) is 0.721. The molecule has 0 saturated heterocycles. The molecule has 0 saturated carbocycles. The summed E-state index contributed by atoms with van der Waals surface area (Å²) in [4.78, 5) is 0. The van der Waals surface area contributed by atoms with E-state index in [9.17, 15) is 13.2 Å². The molecule has 3 N–H and O–H groups in total. The molecule has 2 nitrogen and oxygen atoms in total. The van der Waals surface area contributed by atoms with Crippen LogP contribution in [0.25, 0.3) is 0 Å². The highest BCUT2D eigenvalue weighted by molar-refractivity contribution is 6.31. The zero-order valence-corrected chi connectivity index (χ0v) is 7.65. The number of alkyl halides is 3. The monoisotopic (exact) mass is 225 g/mol. The van der Waals surface area contributed by atoms with Gasteiger partial charge in [0.25, 0.3) is 0 Å². The third-order valence-corrected chi connectivity index (χ3v) is 2.02. The molecule has 0 aliphatic carbocycles. The van der Waals surface area contributed by atoms with E-state index >= 15 is 0 Å². The van der Waals surface area contributed by atoms with Crippen molar-refractivity contribution in [2.75, 3.05) is 5.73 Å². The number of nitrogen functional groups attached to an aromatic ring is 1. The second-order valence-corrected chi connectivity index (χ2v) is 3.09. The number of aliphatic hydroxyl groups excluding tert-OH is 1. The lowest BCUT2D eigenvalue weighted by molar-refractivity contribution is -0.138. The first-order valence-electron chi connectivity index (χ1n) is 3.62. The summed E-state index contributed by atoms with van der Waals surface area (Å²) in [5.74, 6) is 0. The summed E-state index contributed by atoms with van der Waals surface area (Å²) < 4.78 is 37.1. The Morgan fingerprint density at radius 2 is 1.93 bits per heavy atom. The van der Waals surface area contributed by atoms with Crippen molar-refractivity contribution in [1.29, 1.82) is 0 Å². The van der Waals surface area contributed by atoms with Crippen LogP contribution in [0.1, 0.15) is 11.1 Å². The molecule has 1 aromatic rings. The minimum Gasteiger partial charge on any atom is -0.399 e. The van der Waals surface area contributed by atoms with E-state index in [1.165, 1.54) is 6.07 Å². The molecule has 0 radical (unpaired) electrons. The minimum absolute atomic E-state index is 0.0838. The lowest BCUT2D eigenvalue weighted by atomic mass is 10.1. The van der Waals surface area contributed by atoms with Crippen LogP contribution in [0.2, 0.25) is 5.02 Å². The standard InChI is InChI=1S/C8H7ClF3NO/c9-7-2-4(13)1-6(5(7)3-14)8(10,11)12/h1-2,14H,3,13H2. The summed E-state index contributed by atoms with van der Waals surface area (Å²) in [6.45, 7) is -0.770. The van der Waals surface area contributed by atoms with Gasteiger partial charge in [0.15, 0.2) is 0 Å². The van der Waals surface area contributed by atoms with E-state index in [2.05, 4.69) is 0 Å². The summed E-state index contributed by atoms with van der Waals surface area (Å²) in [6, 6.07) is 1.92. The van der Waals surface area contributed by atoms with Gasteiger partial charge in [0, 0.05) is 16.3 Å². The zero-order chi connectivity index (χ0) is 10.9. The van der Waals surface area contributed by atoms with Crippen molar-refractivity contribution < 1.29 is 18.3 Å². The van der Waals surface area contributed by atoms with Gasteiger partial charge >= 0.3 is 6.18 Å². The number of nitrogens with two attached hydrogens (primary N) is 1. The van der Waals surface area contributed by atoms with E-state index in [0.29, 0.717) is 0 Å². The average molecular weight is 226 g/mol. The maximum atomic E-state index is 12.4. The Balaban J connectivity index is 3.40. The van der Waals surface area contributed by atoms with Crippen LogP contribution < -0.4 is 5.73 Å². The van der Waals surface area contributed by atoms with Crippen molar-refractivity contribution in [3.63, 3.8) is 0 Å². The van der Waals surface area contributed by atoms with Crippen LogP contribution in [0.15, 0.2) is 12.1 Å². The first-order valence-corrected chi connectivity index (χ1v) is 4.00. The molecule has 1 rings (SSSR count). The second kappa shape index (κ2) is 3.67. The molecule has 0 fully saturated rings. The molecular weight excluding hydrogens is 219 g/mol. The summed E-state index contributed by atoms with van der Waals surface area (Å²) in [5.41, 5.74) is 3.78. The Bertz CT molecular complexity index is 351. The number of halogens is 4. The van der Waals surface area contributed by atoms with Crippen molar-refractivity contribution in [2.24, 2.45) is 0 Å². The highest BCUT2D eigenvalue weighted by atomic mass is 35.5. The molecule has 0 amide bonds. The Labute approximate surface area is 83.1 Å². The van der Waals surface area contributed by atoms with Gasteiger partial charge < -0.3 is 10.8 Å². The summed E-state index contributed by atoms with van der Waals surface area (Å²) in [6.07, 6.45) is -4.56. The molecular formula is C8H7ClF3NO. The Hall–Kier alpha value is -0.940. The number of benzene rings is 1. The molecule has 0 atom stereocenters. The third kappa shape index (κ3) is 2.10. The van der Waals surface area contributed by atoms with Crippen LogP contribution in [0.4, 0.5) is 18.9 Å². The molecule has 1 aromatic carbocycles. The fourth-order valence-electron chi connectivity index (χ4n) is 1.07. The van der Waals surface area contributed by atoms with Crippen LogP contribution in [-0.2, 0) is 12.8 Å². The number of hydrogen-bond acceptors (Lipinski definition) is 2. The number of aliphatic hydroxyl groups is 1. The highest BCUT2D eigenvalue weighted by Gasteiger charge is 2.34. The largest absolute Gasteiger partial charge is 0.416 e.